The smallest absolute Gasteiger partial charge is 0.354 e. The van der Waals surface area contributed by atoms with Crippen LogP contribution in [0.3, 0.4) is 0 Å². The molecule has 0 aliphatic heterocycles. The lowest BCUT2D eigenvalue weighted by Crippen LogP contribution is -2.31. The van der Waals surface area contributed by atoms with E-state index >= 15 is 0 Å². The molecule has 3 N–H and O–H groups in total. The predicted molar refractivity (Wildman–Crippen MR) is 97.6 cm³/mol. The van der Waals surface area contributed by atoms with Gasteiger partial charge < -0.3 is 10.1 Å². The molecule has 1 aromatic heterocycles. The molecule has 0 radical (unpaired) electrons. The number of rotatable bonds is 10. The van der Waals surface area contributed by atoms with E-state index in [9.17, 15) is 25.0 Å². The van der Waals surface area contributed by atoms with Crippen LogP contribution in [0.15, 0.2) is 30.6 Å². The average molecular weight is 391 g/mol. The molecule has 1 amide bonds. The molecule has 0 bridgehead atoms. The molecule has 148 valence electrons. The minimum absolute atomic E-state index is 0.0239. The summed E-state index contributed by atoms with van der Waals surface area (Å²) in [6.45, 7) is 0.607. The fourth-order valence-electron chi connectivity index (χ4n) is 2.14. The number of nitrogens with one attached hydrogen (secondary N) is 3. The van der Waals surface area contributed by atoms with Crippen LogP contribution >= 0.6 is 0 Å². The third-order valence-electron chi connectivity index (χ3n) is 3.44. The number of amides is 1. The minimum Gasteiger partial charge on any atom is -0.383 e. The molecule has 2 aromatic rings. The second kappa shape index (κ2) is 9.72. The highest BCUT2D eigenvalue weighted by Crippen LogP contribution is 2.28. The van der Waals surface area contributed by atoms with Crippen LogP contribution in [0.1, 0.15) is 5.56 Å². The molecule has 1 heterocycles. The Morgan fingerprint density at radius 2 is 1.79 bits per heavy atom. The number of nitrogens with zero attached hydrogens (tertiary/aromatic N) is 4. The zero-order valence-electron chi connectivity index (χ0n) is 14.7. The van der Waals surface area contributed by atoms with Gasteiger partial charge in [0.1, 0.15) is 6.33 Å². The van der Waals surface area contributed by atoms with Crippen molar-refractivity contribution in [3.63, 3.8) is 0 Å². The van der Waals surface area contributed by atoms with Crippen LogP contribution in [0, 0.1) is 20.2 Å². The molecule has 0 saturated heterocycles. The predicted octanol–water partition coefficient (Wildman–Crippen LogP) is 1.04. The molecule has 0 aliphatic carbocycles. The van der Waals surface area contributed by atoms with Crippen LogP contribution in [-0.2, 0) is 16.0 Å². The Morgan fingerprint density at radius 1 is 1.11 bits per heavy atom. The first-order valence-electron chi connectivity index (χ1n) is 7.92. The van der Waals surface area contributed by atoms with E-state index in [1.807, 2.05) is 0 Å². The zero-order valence-corrected chi connectivity index (χ0v) is 14.7. The van der Waals surface area contributed by atoms with Crippen LogP contribution in [0.2, 0.25) is 0 Å². The number of hydrogen-bond acceptors (Lipinski definition) is 10. The molecule has 13 heteroatoms. The molecule has 0 spiro atoms. The van der Waals surface area contributed by atoms with Gasteiger partial charge in [0.25, 0.3) is 5.69 Å². The number of aromatic nitrogens is 2. The Balaban J connectivity index is 2.02. The summed E-state index contributed by atoms with van der Waals surface area (Å²) >= 11 is 0. The number of ether oxygens (including phenoxy) is 1. The Labute approximate surface area is 158 Å². The number of carbonyl (C=O) groups is 1. The Bertz CT molecular complexity index is 858. The monoisotopic (exact) mass is 391 g/mol. The van der Waals surface area contributed by atoms with E-state index in [1.54, 1.807) is 0 Å². The lowest BCUT2D eigenvalue weighted by Gasteiger charge is -2.10. The van der Waals surface area contributed by atoms with Gasteiger partial charge in [0.2, 0.25) is 17.5 Å². The fraction of sp³-hybridized carbons (Fsp3) is 0.267. The molecule has 0 fully saturated rings. The maximum absolute atomic E-state index is 12.0. The highest BCUT2D eigenvalue weighted by atomic mass is 16.6. The van der Waals surface area contributed by atoms with E-state index < -0.39 is 21.4 Å². The molecule has 2 rings (SSSR count). The molecule has 0 unspecified atom stereocenters. The standard InChI is InChI=1S/C15H17N7O6/c1-28-7-6-16-14-13(22(26)27)15(18-9-17-14)20-19-12(23)8-10-2-4-11(5-3-10)21(24)25/h2-5,9H,6-8H2,1H3,(H,19,23)(H2,16,17,18,20). The molecule has 28 heavy (non-hydrogen) atoms. The van der Waals surface area contributed by atoms with Crippen LogP contribution in [0.4, 0.5) is 23.0 Å². The number of carbonyl (C=O) groups excluding carboxylic acids is 1. The average Bonchev–Trinajstić information content (AvgIpc) is 2.67. The zero-order chi connectivity index (χ0) is 20.5. The minimum atomic E-state index is -0.681. The van der Waals surface area contributed by atoms with Crippen molar-refractivity contribution in [2.24, 2.45) is 0 Å². The van der Waals surface area contributed by atoms with Gasteiger partial charge in [-0.15, -0.1) is 0 Å². The van der Waals surface area contributed by atoms with Gasteiger partial charge in [0.05, 0.1) is 22.9 Å². The number of nitro groups is 2. The molecule has 0 saturated carbocycles. The lowest BCUT2D eigenvalue weighted by molar-refractivity contribution is -0.384. The van der Waals surface area contributed by atoms with Gasteiger partial charge in [-0.25, -0.2) is 9.97 Å². The van der Waals surface area contributed by atoms with E-state index in [1.165, 1.54) is 31.4 Å². The van der Waals surface area contributed by atoms with Crippen LogP contribution < -0.4 is 16.2 Å². The van der Waals surface area contributed by atoms with Gasteiger partial charge in [-0.2, -0.15) is 0 Å². The van der Waals surface area contributed by atoms with Crippen molar-refractivity contribution in [3.05, 3.63) is 56.4 Å². The van der Waals surface area contributed by atoms with Crippen molar-refractivity contribution in [3.8, 4) is 0 Å². The number of anilines is 2. The number of hydrogen-bond donors (Lipinski definition) is 3. The van der Waals surface area contributed by atoms with E-state index in [-0.39, 0.29) is 23.7 Å². The summed E-state index contributed by atoms with van der Waals surface area (Å²) < 4.78 is 4.86. The highest BCUT2D eigenvalue weighted by Gasteiger charge is 2.23. The molecular formula is C15H17N7O6. The number of hydrazine groups is 1. The third-order valence-corrected chi connectivity index (χ3v) is 3.44. The molecule has 0 aliphatic rings. The molecule has 13 nitrogen and oxygen atoms in total. The van der Waals surface area contributed by atoms with Crippen molar-refractivity contribution in [2.75, 3.05) is 31.0 Å². The summed E-state index contributed by atoms with van der Waals surface area (Å²) in [7, 11) is 1.49. The maximum atomic E-state index is 12.0. The van der Waals surface area contributed by atoms with E-state index in [4.69, 9.17) is 4.74 Å². The summed E-state index contributed by atoms with van der Waals surface area (Å²) in [4.78, 5) is 40.4. The molecule has 1 aromatic carbocycles. The first-order valence-corrected chi connectivity index (χ1v) is 7.92. The van der Waals surface area contributed by atoms with Crippen LogP contribution in [0.25, 0.3) is 0 Å². The van der Waals surface area contributed by atoms with Crippen molar-refractivity contribution in [1.82, 2.24) is 15.4 Å². The van der Waals surface area contributed by atoms with Gasteiger partial charge in [0.15, 0.2) is 0 Å². The highest BCUT2D eigenvalue weighted by molar-refractivity contribution is 5.81. The van der Waals surface area contributed by atoms with E-state index in [0.717, 1.165) is 6.33 Å². The number of benzene rings is 1. The van der Waals surface area contributed by atoms with Gasteiger partial charge in [0, 0.05) is 25.8 Å². The van der Waals surface area contributed by atoms with Gasteiger partial charge >= 0.3 is 5.69 Å². The van der Waals surface area contributed by atoms with Crippen LogP contribution in [-0.4, -0.2) is 46.0 Å². The van der Waals surface area contributed by atoms with Crippen molar-refractivity contribution in [2.45, 2.75) is 6.42 Å². The third kappa shape index (κ3) is 5.57. The normalized spacial score (nSPS) is 10.2. The summed E-state index contributed by atoms with van der Waals surface area (Å²) in [6, 6.07) is 5.46. The van der Waals surface area contributed by atoms with Gasteiger partial charge in [-0.3, -0.25) is 35.9 Å². The van der Waals surface area contributed by atoms with Gasteiger partial charge in [-0.05, 0) is 5.56 Å². The fourth-order valence-corrected chi connectivity index (χ4v) is 2.14. The maximum Gasteiger partial charge on any atom is 0.354 e. The number of nitro benzene ring substituents is 1. The van der Waals surface area contributed by atoms with E-state index in [0.29, 0.717) is 18.7 Å². The summed E-state index contributed by atoms with van der Waals surface area (Å²) in [5, 5.41) is 24.7. The van der Waals surface area contributed by atoms with Crippen LogP contribution in [0.5, 0.6) is 0 Å². The SMILES string of the molecule is COCCNc1ncnc(NNC(=O)Cc2ccc([N+](=O)[O-])cc2)c1[N+](=O)[O-]. The van der Waals surface area contributed by atoms with Crippen molar-refractivity contribution in [1.29, 1.82) is 0 Å². The van der Waals surface area contributed by atoms with Crippen molar-refractivity contribution < 1.29 is 19.4 Å². The summed E-state index contributed by atoms with van der Waals surface area (Å²) in [6.07, 6.45) is 1.01. The second-order valence-corrected chi connectivity index (χ2v) is 5.37. The Hall–Kier alpha value is -3.87. The van der Waals surface area contributed by atoms with Crippen molar-refractivity contribution >= 4 is 28.9 Å². The lowest BCUT2D eigenvalue weighted by atomic mass is 10.1. The topological polar surface area (TPSA) is 174 Å². The first kappa shape index (κ1) is 20.4. The molecular weight excluding hydrogens is 374 g/mol. The largest absolute Gasteiger partial charge is 0.383 e. The summed E-state index contributed by atoms with van der Waals surface area (Å²) in [5.74, 6) is -0.739. The quantitative estimate of drug-likeness (QED) is 0.301. The first-order chi connectivity index (χ1) is 13.4. The Kier molecular flexibility index (Phi) is 7.10. The second-order valence-electron chi connectivity index (χ2n) is 5.37. The molecule has 0 atom stereocenters. The number of non-ortho nitro benzene ring substituents is 1. The number of methoxy groups -OCH3 is 1. The summed E-state index contributed by atoms with van der Waals surface area (Å²) in [5.41, 5.74) is 4.71. The Morgan fingerprint density at radius 3 is 2.39 bits per heavy atom. The van der Waals surface area contributed by atoms with Gasteiger partial charge in [-0.1, -0.05) is 12.1 Å². The van der Waals surface area contributed by atoms with E-state index in [2.05, 4.69) is 26.1 Å².